The highest BCUT2D eigenvalue weighted by Gasteiger charge is 2.29. The van der Waals surface area contributed by atoms with E-state index in [1.165, 1.54) is 7.11 Å². The molecule has 1 aliphatic rings. The molecule has 0 bridgehead atoms. The third-order valence-corrected chi connectivity index (χ3v) is 4.69. The van der Waals surface area contributed by atoms with E-state index in [0.717, 1.165) is 42.6 Å². The highest BCUT2D eigenvalue weighted by atomic mass is 16.5. The average Bonchev–Trinajstić information content (AvgIpc) is 2.93. The first kappa shape index (κ1) is 18.3. The SMILES string of the molecule is CCc1nn(C)c(CC)c1CNC(=O)N1CCC[C@@H](C(=O)OC)C1. The van der Waals surface area contributed by atoms with Crippen LogP contribution in [-0.4, -0.2) is 46.9 Å². The minimum atomic E-state index is -0.235. The minimum Gasteiger partial charge on any atom is -0.469 e. The van der Waals surface area contributed by atoms with Crippen molar-refractivity contribution < 1.29 is 14.3 Å². The number of carbonyl (C=O) groups excluding carboxylic acids is 2. The number of esters is 1. The number of hydrogen-bond acceptors (Lipinski definition) is 4. The van der Waals surface area contributed by atoms with Crippen LogP contribution in [0.5, 0.6) is 0 Å². The molecule has 7 nitrogen and oxygen atoms in total. The Morgan fingerprint density at radius 2 is 2.08 bits per heavy atom. The third-order valence-electron chi connectivity index (χ3n) is 4.69. The normalized spacial score (nSPS) is 17.7. The number of rotatable bonds is 5. The number of hydrogen-bond donors (Lipinski definition) is 1. The van der Waals surface area contributed by atoms with E-state index in [0.29, 0.717) is 19.6 Å². The van der Waals surface area contributed by atoms with Gasteiger partial charge in [-0.25, -0.2) is 4.79 Å². The molecule has 0 aromatic carbocycles. The second-order valence-corrected chi connectivity index (χ2v) is 6.17. The van der Waals surface area contributed by atoms with Gasteiger partial charge in [0.25, 0.3) is 0 Å². The van der Waals surface area contributed by atoms with Gasteiger partial charge < -0.3 is 15.0 Å². The Morgan fingerprint density at radius 1 is 1.33 bits per heavy atom. The molecule has 1 saturated heterocycles. The molecule has 1 N–H and O–H groups in total. The van der Waals surface area contributed by atoms with Crippen LogP contribution in [0.2, 0.25) is 0 Å². The lowest BCUT2D eigenvalue weighted by Crippen LogP contribution is -2.47. The van der Waals surface area contributed by atoms with Crippen LogP contribution in [0.4, 0.5) is 4.79 Å². The molecule has 0 saturated carbocycles. The van der Waals surface area contributed by atoms with Crippen molar-refractivity contribution in [2.45, 2.75) is 46.1 Å². The number of likely N-dealkylation sites (tertiary alicyclic amines) is 1. The predicted octanol–water partition coefficient (Wildman–Crippen LogP) is 1.64. The van der Waals surface area contributed by atoms with Gasteiger partial charge in [0.1, 0.15) is 0 Å². The molecule has 1 aliphatic heterocycles. The van der Waals surface area contributed by atoms with Crippen LogP contribution in [0, 0.1) is 5.92 Å². The Bertz CT molecular complexity index is 597. The average molecular weight is 336 g/mol. The molecule has 0 spiro atoms. The molecule has 2 heterocycles. The molecule has 1 aromatic heterocycles. The quantitative estimate of drug-likeness (QED) is 0.829. The zero-order valence-electron chi connectivity index (χ0n) is 15.1. The topological polar surface area (TPSA) is 76.5 Å². The Labute approximate surface area is 143 Å². The van der Waals surface area contributed by atoms with Crippen molar-refractivity contribution in [2.24, 2.45) is 13.0 Å². The summed E-state index contributed by atoms with van der Waals surface area (Å²) in [5.74, 6) is -0.452. The number of piperidine rings is 1. The summed E-state index contributed by atoms with van der Waals surface area (Å²) in [5, 5.41) is 7.52. The standard InChI is InChI=1S/C17H28N4O3/c1-5-14-13(15(6-2)20(3)19-14)10-18-17(23)21-9-7-8-12(11-21)16(22)24-4/h12H,5-11H2,1-4H3,(H,18,23)/t12-/m1/s1. The summed E-state index contributed by atoms with van der Waals surface area (Å²) in [6.45, 7) is 5.73. The van der Waals surface area contributed by atoms with Crippen molar-refractivity contribution in [1.82, 2.24) is 20.0 Å². The van der Waals surface area contributed by atoms with Gasteiger partial charge in [0.05, 0.1) is 18.7 Å². The van der Waals surface area contributed by atoms with E-state index in [1.54, 1.807) is 4.90 Å². The number of methoxy groups -OCH3 is 1. The number of ether oxygens (including phenoxy) is 1. The number of nitrogens with one attached hydrogen (secondary N) is 1. The Hall–Kier alpha value is -2.05. The van der Waals surface area contributed by atoms with Crippen molar-refractivity contribution in [3.63, 3.8) is 0 Å². The number of urea groups is 1. The smallest absolute Gasteiger partial charge is 0.317 e. The van der Waals surface area contributed by atoms with Crippen LogP contribution in [0.15, 0.2) is 0 Å². The van der Waals surface area contributed by atoms with Crippen LogP contribution >= 0.6 is 0 Å². The van der Waals surface area contributed by atoms with Crippen LogP contribution in [0.3, 0.4) is 0 Å². The molecule has 2 rings (SSSR count). The van der Waals surface area contributed by atoms with Gasteiger partial charge in [-0.2, -0.15) is 5.10 Å². The fraction of sp³-hybridized carbons (Fsp3) is 0.706. The molecule has 0 radical (unpaired) electrons. The molecule has 0 unspecified atom stereocenters. The van der Waals surface area contributed by atoms with Crippen molar-refractivity contribution >= 4 is 12.0 Å². The number of aromatic nitrogens is 2. The maximum absolute atomic E-state index is 12.5. The molecule has 0 aliphatic carbocycles. The number of nitrogens with zero attached hydrogens (tertiary/aromatic N) is 3. The van der Waals surface area contributed by atoms with Crippen molar-refractivity contribution in [2.75, 3.05) is 20.2 Å². The first-order valence-corrected chi connectivity index (χ1v) is 8.65. The van der Waals surface area contributed by atoms with E-state index in [1.807, 2.05) is 11.7 Å². The van der Waals surface area contributed by atoms with Gasteiger partial charge in [-0.05, 0) is 25.7 Å². The fourth-order valence-corrected chi connectivity index (χ4v) is 3.39. The van der Waals surface area contributed by atoms with Gasteiger partial charge in [0.15, 0.2) is 0 Å². The zero-order valence-corrected chi connectivity index (χ0v) is 15.1. The molecule has 24 heavy (non-hydrogen) atoms. The van der Waals surface area contributed by atoms with E-state index in [9.17, 15) is 9.59 Å². The van der Waals surface area contributed by atoms with E-state index in [4.69, 9.17) is 4.74 Å². The first-order valence-electron chi connectivity index (χ1n) is 8.65. The lowest BCUT2D eigenvalue weighted by Gasteiger charge is -2.31. The molecule has 1 atom stereocenters. The first-order chi connectivity index (χ1) is 11.5. The summed E-state index contributed by atoms with van der Waals surface area (Å²) in [4.78, 5) is 25.9. The minimum absolute atomic E-state index is 0.128. The van der Waals surface area contributed by atoms with Crippen molar-refractivity contribution in [1.29, 1.82) is 0 Å². The summed E-state index contributed by atoms with van der Waals surface area (Å²) in [6.07, 6.45) is 3.32. The maximum atomic E-state index is 12.5. The second kappa shape index (κ2) is 8.17. The molecule has 2 amide bonds. The predicted molar refractivity (Wildman–Crippen MR) is 90.5 cm³/mol. The van der Waals surface area contributed by atoms with Gasteiger partial charge in [0, 0.05) is 37.9 Å². The van der Waals surface area contributed by atoms with Crippen LogP contribution in [0.25, 0.3) is 0 Å². The third kappa shape index (κ3) is 3.88. The highest BCUT2D eigenvalue weighted by Crippen LogP contribution is 2.19. The number of aryl methyl sites for hydroxylation is 2. The van der Waals surface area contributed by atoms with Gasteiger partial charge >= 0.3 is 12.0 Å². The number of amides is 2. The van der Waals surface area contributed by atoms with Crippen LogP contribution in [-0.2, 0) is 36.0 Å². The summed E-state index contributed by atoms with van der Waals surface area (Å²) < 4.78 is 6.70. The summed E-state index contributed by atoms with van der Waals surface area (Å²) in [6, 6.07) is -0.128. The van der Waals surface area contributed by atoms with Crippen molar-refractivity contribution in [3.05, 3.63) is 17.0 Å². The van der Waals surface area contributed by atoms with Gasteiger partial charge in [-0.3, -0.25) is 9.48 Å². The molecular formula is C17H28N4O3. The van der Waals surface area contributed by atoms with E-state index >= 15 is 0 Å². The largest absolute Gasteiger partial charge is 0.469 e. The van der Waals surface area contributed by atoms with E-state index < -0.39 is 0 Å². The summed E-state index contributed by atoms with van der Waals surface area (Å²) >= 11 is 0. The van der Waals surface area contributed by atoms with E-state index in [2.05, 4.69) is 24.3 Å². The van der Waals surface area contributed by atoms with Gasteiger partial charge in [-0.1, -0.05) is 13.8 Å². The van der Waals surface area contributed by atoms with Gasteiger partial charge in [0.2, 0.25) is 0 Å². The number of carbonyl (C=O) groups is 2. The highest BCUT2D eigenvalue weighted by molar-refractivity contribution is 5.77. The fourth-order valence-electron chi connectivity index (χ4n) is 3.39. The summed E-state index contributed by atoms with van der Waals surface area (Å²) in [5.41, 5.74) is 3.29. The summed E-state index contributed by atoms with van der Waals surface area (Å²) in [7, 11) is 3.33. The lowest BCUT2D eigenvalue weighted by atomic mass is 9.98. The Kier molecular flexibility index (Phi) is 6.23. The monoisotopic (exact) mass is 336 g/mol. The molecular weight excluding hydrogens is 308 g/mol. The van der Waals surface area contributed by atoms with Crippen LogP contribution in [0.1, 0.15) is 43.6 Å². The second-order valence-electron chi connectivity index (χ2n) is 6.17. The Balaban J connectivity index is 1.99. The lowest BCUT2D eigenvalue weighted by molar-refractivity contribution is -0.146. The molecule has 1 fully saturated rings. The molecule has 134 valence electrons. The molecule has 1 aromatic rings. The molecule has 7 heteroatoms. The van der Waals surface area contributed by atoms with E-state index in [-0.39, 0.29) is 17.9 Å². The zero-order chi connectivity index (χ0) is 17.7. The van der Waals surface area contributed by atoms with Crippen molar-refractivity contribution in [3.8, 4) is 0 Å². The maximum Gasteiger partial charge on any atom is 0.317 e. The van der Waals surface area contributed by atoms with Gasteiger partial charge in [-0.15, -0.1) is 0 Å². The van der Waals surface area contributed by atoms with Crippen LogP contribution < -0.4 is 5.32 Å². The Morgan fingerprint density at radius 3 is 2.71 bits per heavy atom.